The SMILES string of the molecule is Nc1nnc([C@H]2CCC[C@H](c3nnc(NC(=O)C4CC4)s3)C2)s1. The monoisotopic (exact) mass is 350 g/mol. The maximum atomic E-state index is 11.8. The molecule has 0 unspecified atom stereocenters. The molecule has 2 aromatic rings. The van der Waals surface area contributed by atoms with Crippen molar-refractivity contribution in [1.29, 1.82) is 0 Å². The van der Waals surface area contributed by atoms with E-state index in [-0.39, 0.29) is 11.8 Å². The van der Waals surface area contributed by atoms with Crippen LogP contribution in [0.1, 0.15) is 60.4 Å². The predicted molar refractivity (Wildman–Crippen MR) is 89.5 cm³/mol. The standard InChI is InChI=1S/C14H18N6OS2/c15-13-19-17-11(22-13)8-2-1-3-9(6-8)12-18-20-14(23-12)16-10(21)7-4-5-7/h7-9H,1-6H2,(H2,15,19)(H,16,20,21)/t8-,9-/m0/s1. The van der Waals surface area contributed by atoms with E-state index in [0.29, 0.717) is 22.1 Å². The number of nitrogens with two attached hydrogens (primary N) is 1. The summed E-state index contributed by atoms with van der Waals surface area (Å²) in [5, 5.41) is 22.6. The van der Waals surface area contributed by atoms with Gasteiger partial charge in [-0.25, -0.2) is 0 Å². The summed E-state index contributed by atoms with van der Waals surface area (Å²) in [5.41, 5.74) is 5.69. The molecular formula is C14H18N6OS2. The van der Waals surface area contributed by atoms with Crippen molar-refractivity contribution in [2.24, 2.45) is 5.92 Å². The van der Waals surface area contributed by atoms with E-state index in [9.17, 15) is 4.79 Å². The molecule has 23 heavy (non-hydrogen) atoms. The number of nitrogens with one attached hydrogen (secondary N) is 1. The molecule has 2 atom stereocenters. The van der Waals surface area contributed by atoms with Crippen molar-refractivity contribution in [1.82, 2.24) is 20.4 Å². The molecule has 3 N–H and O–H groups in total. The van der Waals surface area contributed by atoms with Gasteiger partial charge in [0.25, 0.3) is 0 Å². The molecule has 0 saturated heterocycles. The number of rotatable bonds is 4. The molecular weight excluding hydrogens is 332 g/mol. The first-order valence-corrected chi connectivity index (χ1v) is 9.55. The summed E-state index contributed by atoms with van der Waals surface area (Å²) < 4.78 is 0. The van der Waals surface area contributed by atoms with Crippen LogP contribution in [-0.2, 0) is 4.79 Å². The second-order valence-corrected chi connectivity index (χ2v) is 8.30. The molecule has 0 aromatic carbocycles. The van der Waals surface area contributed by atoms with Crippen LogP contribution < -0.4 is 11.1 Å². The molecule has 0 bridgehead atoms. The Kier molecular flexibility index (Phi) is 3.98. The van der Waals surface area contributed by atoms with Crippen LogP contribution in [0.15, 0.2) is 0 Å². The van der Waals surface area contributed by atoms with Crippen LogP contribution in [-0.4, -0.2) is 26.3 Å². The summed E-state index contributed by atoms with van der Waals surface area (Å²) >= 11 is 2.99. The Morgan fingerprint density at radius 1 is 1.00 bits per heavy atom. The number of nitrogens with zero attached hydrogens (tertiary/aromatic N) is 4. The normalized spacial score (nSPS) is 24.5. The van der Waals surface area contributed by atoms with Gasteiger partial charge in [-0.2, -0.15) is 0 Å². The lowest BCUT2D eigenvalue weighted by atomic mass is 9.82. The molecule has 2 heterocycles. The fourth-order valence-electron chi connectivity index (χ4n) is 3.05. The van der Waals surface area contributed by atoms with Gasteiger partial charge < -0.3 is 11.1 Å². The number of carbonyl (C=O) groups is 1. The first-order chi connectivity index (χ1) is 11.2. The van der Waals surface area contributed by atoms with E-state index in [1.54, 1.807) is 0 Å². The highest BCUT2D eigenvalue weighted by Crippen LogP contribution is 2.43. The van der Waals surface area contributed by atoms with Crippen molar-refractivity contribution in [3.8, 4) is 0 Å². The topological polar surface area (TPSA) is 107 Å². The number of hydrogen-bond donors (Lipinski definition) is 2. The average molecular weight is 350 g/mol. The van der Waals surface area contributed by atoms with Crippen LogP contribution in [0.3, 0.4) is 0 Å². The number of anilines is 2. The van der Waals surface area contributed by atoms with E-state index in [2.05, 4.69) is 25.7 Å². The minimum absolute atomic E-state index is 0.0820. The molecule has 2 aliphatic rings. The number of hydrogen-bond acceptors (Lipinski definition) is 8. The zero-order valence-electron chi connectivity index (χ0n) is 12.6. The molecule has 2 saturated carbocycles. The largest absolute Gasteiger partial charge is 0.374 e. The number of nitrogen functional groups attached to an aromatic ring is 1. The van der Waals surface area contributed by atoms with Crippen molar-refractivity contribution >= 4 is 38.8 Å². The Labute approximate surface area is 141 Å². The zero-order chi connectivity index (χ0) is 15.8. The smallest absolute Gasteiger partial charge is 0.229 e. The minimum atomic E-state index is 0.0820. The van der Waals surface area contributed by atoms with Gasteiger partial charge in [0.2, 0.25) is 16.2 Å². The van der Waals surface area contributed by atoms with Gasteiger partial charge in [-0.3, -0.25) is 4.79 Å². The van der Waals surface area contributed by atoms with Crippen LogP contribution in [0.25, 0.3) is 0 Å². The van der Waals surface area contributed by atoms with Crippen LogP contribution in [0.4, 0.5) is 10.3 Å². The molecule has 2 aromatic heterocycles. The van der Waals surface area contributed by atoms with Crippen LogP contribution >= 0.6 is 22.7 Å². The highest BCUT2D eigenvalue weighted by Gasteiger charge is 2.31. The average Bonchev–Trinajstić information content (AvgIpc) is 3.17. The Morgan fingerprint density at radius 3 is 2.35 bits per heavy atom. The van der Waals surface area contributed by atoms with E-state index < -0.39 is 0 Å². The summed E-state index contributed by atoms with van der Waals surface area (Å²) in [6.45, 7) is 0. The number of amides is 1. The van der Waals surface area contributed by atoms with E-state index in [4.69, 9.17) is 5.73 Å². The molecule has 9 heteroatoms. The summed E-state index contributed by atoms with van der Waals surface area (Å²) in [7, 11) is 0. The maximum Gasteiger partial charge on any atom is 0.229 e. The van der Waals surface area contributed by atoms with Crippen molar-refractivity contribution in [2.45, 2.75) is 50.4 Å². The quantitative estimate of drug-likeness (QED) is 0.878. The third-order valence-corrected chi connectivity index (χ3v) is 6.36. The lowest BCUT2D eigenvalue weighted by Gasteiger charge is -2.25. The third-order valence-electron chi connectivity index (χ3n) is 4.45. The Bertz CT molecular complexity index is 710. The molecule has 1 amide bonds. The van der Waals surface area contributed by atoms with Gasteiger partial charge in [0.05, 0.1) is 0 Å². The van der Waals surface area contributed by atoms with Crippen molar-refractivity contribution in [2.75, 3.05) is 11.1 Å². The zero-order valence-corrected chi connectivity index (χ0v) is 14.2. The molecule has 7 nitrogen and oxygen atoms in total. The van der Waals surface area contributed by atoms with E-state index in [1.165, 1.54) is 22.7 Å². The summed E-state index contributed by atoms with van der Waals surface area (Å²) in [6, 6.07) is 0. The van der Waals surface area contributed by atoms with Crippen molar-refractivity contribution in [3.05, 3.63) is 10.0 Å². The molecule has 2 fully saturated rings. The predicted octanol–water partition coefficient (Wildman–Crippen LogP) is 2.76. The molecule has 2 aliphatic carbocycles. The lowest BCUT2D eigenvalue weighted by Crippen LogP contribution is -2.13. The summed E-state index contributed by atoms with van der Waals surface area (Å²) in [6.07, 6.45) is 6.35. The van der Waals surface area contributed by atoms with Gasteiger partial charge in [-0.1, -0.05) is 29.1 Å². The van der Waals surface area contributed by atoms with E-state index in [1.807, 2.05) is 0 Å². The van der Waals surface area contributed by atoms with Gasteiger partial charge in [0.15, 0.2) is 0 Å². The van der Waals surface area contributed by atoms with Gasteiger partial charge in [-0.05, 0) is 32.1 Å². The van der Waals surface area contributed by atoms with Crippen LogP contribution in [0.2, 0.25) is 0 Å². The summed E-state index contributed by atoms with van der Waals surface area (Å²) in [5.74, 6) is 1.04. The van der Waals surface area contributed by atoms with E-state index in [0.717, 1.165) is 48.5 Å². The molecule has 0 spiro atoms. The second-order valence-electron chi connectivity index (χ2n) is 6.25. The fraction of sp³-hybridized carbons (Fsp3) is 0.643. The van der Waals surface area contributed by atoms with Gasteiger partial charge in [-0.15, -0.1) is 20.4 Å². The highest BCUT2D eigenvalue weighted by molar-refractivity contribution is 7.15. The first-order valence-electron chi connectivity index (χ1n) is 7.92. The fourth-order valence-corrected chi connectivity index (χ4v) is 4.71. The Morgan fingerprint density at radius 2 is 1.70 bits per heavy atom. The second kappa shape index (κ2) is 6.12. The van der Waals surface area contributed by atoms with Gasteiger partial charge in [0.1, 0.15) is 10.0 Å². The molecule has 0 aliphatic heterocycles. The molecule has 122 valence electrons. The minimum Gasteiger partial charge on any atom is -0.374 e. The number of carbonyl (C=O) groups excluding carboxylic acids is 1. The molecule has 4 rings (SSSR count). The first kappa shape index (κ1) is 14.9. The molecule has 0 radical (unpaired) electrons. The van der Waals surface area contributed by atoms with Crippen LogP contribution in [0.5, 0.6) is 0 Å². The van der Waals surface area contributed by atoms with Crippen LogP contribution in [0, 0.1) is 5.92 Å². The van der Waals surface area contributed by atoms with Crippen molar-refractivity contribution < 1.29 is 4.79 Å². The highest BCUT2D eigenvalue weighted by atomic mass is 32.1. The lowest BCUT2D eigenvalue weighted by molar-refractivity contribution is -0.117. The summed E-state index contributed by atoms with van der Waals surface area (Å²) in [4.78, 5) is 11.8. The van der Waals surface area contributed by atoms with Crippen molar-refractivity contribution in [3.63, 3.8) is 0 Å². The van der Waals surface area contributed by atoms with E-state index >= 15 is 0 Å². The maximum absolute atomic E-state index is 11.8. The Hall–Kier alpha value is -1.61. The third kappa shape index (κ3) is 3.35. The van der Waals surface area contributed by atoms with Gasteiger partial charge >= 0.3 is 0 Å². The van der Waals surface area contributed by atoms with Gasteiger partial charge in [0, 0.05) is 17.8 Å². The Balaban J connectivity index is 1.43. The number of aromatic nitrogens is 4.